The Morgan fingerprint density at radius 3 is 2.38 bits per heavy atom. The summed E-state index contributed by atoms with van der Waals surface area (Å²) in [7, 11) is 0. The molecule has 4 atom stereocenters. The minimum atomic E-state index is 0.433. The first-order valence-electron chi connectivity index (χ1n) is 6.03. The van der Waals surface area contributed by atoms with Crippen LogP contribution >= 0.6 is 0 Å². The van der Waals surface area contributed by atoms with E-state index in [9.17, 15) is 0 Å². The molecule has 76 valence electrons. The predicted molar refractivity (Wildman–Crippen MR) is 56.4 cm³/mol. The Morgan fingerprint density at radius 1 is 1.00 bits per heavy atom. The molecule has 2 aliphatic rings. The fraction of sp³-hybridized carbons (Fsp3) is 1.00. The highest BCUT2D eigenvalue weighted by atomic mass is 14.6. The lowest BCUT2D eigenvalue weighted by Crippen LogP contribution is -2.35. The van der Waals surface area contributed by atoms with Gasteiger partial charge in [0.15, 0.2) is 0 Å². The van der Waals surface area contributed by atoms with Crippen LogP contribution < -0.4 is 5.73 Å². The van der Waals surface area contributed by atoms with E-state index in [0.717, 1.165) is 17.8 Å². The molecule has 0 aliphatic heterocycles. The van der Waals surface area contributed by atoms with Crippen LogP contribution in [-0.2, 0) is 0 Å². The molecule has 2 fully saturated rings. The van der Waals surface area contributed by atoms with Crippen molar-refractivity contribution in [1.82, 2.24) is 0 Å². The Labute approximate surface area is 82.1 Å². The maximum absolute atomic E-state index is 5.99. The lowest BCUT2D eigenvalue weighted by molar-refractivity contribution is 0.120. The van der Waals surface area contributed by atoms with E-state index in [4.69, 9.17) is 5.73 Å². The Kier molecular flexibility index (Phi) is 2.92. The van der Waals surface area contributed by atoms with Gasteiger partial charge in [0.1, 0.15) is 0 Å². The minimum absolute atomic E-state index is 0.433. The molecule has 2 saturated carbocycles. The standard InChI is InChI=1S/C12H23N/c1-9(13)11-7-6-10-4-2-3-5-12(10)8-11/h9-12H,2-8,13H2,1H3/t9-,10?,11?,12?/m0/s1. The third kappa shape index (κ3) is 2.07. The summed E-state index contributed by atoms with van der Waals surface area (Å²) >= 11 is 0. The fourth-order valence-electron chi connectivity index (χ4n) is 3.39. The van der Waals surface area contributed by atoms with Crippen LogP contribution in [0.4, 0.5) is 0 Å². The summed E-state index contributed by atoms with van der Waals surface area (Å²) < 4.78 is 0. The lowest BCUT2D eigenvalue weighted by atomic mass is 9.66. The van der Waals surface area contributed by atoms with Crippen LogP contribution in [0, 0.1) is 17.8 Å². The molecule has 0 heterocycles. The van der Waals surface area contributed by atoms with E-state index in [-0.39, 0.29) is 0 Å². The summed E-state index contributed by atoms with van der Waals surface area (Å²) in [6.07, 6.45) is 10.3. The normalized spacial score (nSPS) is 42.5. The SMILES string of the molecule is C[C@H](N)C1CCC2CCCCC2C1. The molecule has 0 aromatic heterocycles. The first kappa shape index (κ1) is 9.51. The fourth-order valence-corrected chi connectivity index (χ4v) is 3.39. The van der Waals surface area contributed by atoms with Gasteiger partial charge in [0.25, 0.3) is 0 Å². The molecule has 0 aromatic carbocycles. The molecular weight excluding hydrogens is 158 g/mol. The van der Waals surface area contributed by atoms with Gasteiger partial charge in [0.05, 0.1) is 0 Å². The smallest absolute Gasteiger partial charge is 0.00388 e. The van der Waals surface area contributed by atoms with Crippen LogP contribution in [0.1, 0.15) is 51.9 Å². The Balaban J connectivity index is 1.91. The van der Waals surface area contributed by atoms with Crippen LogP contribution in [0.5, 0.6) is 0 Å². The van der Waals surface area contributed by atoms with Gasteiger partial charge < -0.3 is 5.73 Å². The number of nitrogens with two attached hydrogens (primary N) is 1. The zero-order valence-corrected chi connectivity index (χ0v) is 8.84. The van der Waals surface area contributed by atoms with Gasteiger partial charge in [-0.15, -0.1) is 0 Å². The van der Waals surface area contributed by atoms with Crippen LogP contribution in [0.25, 0.3) is 0 Å². The molecular formula is C12H23N. The average Bonchev–Trinajstić information content (AvgIpc) is 2.17. The maximum atomic E-state index is 5.99. The second kappa shape index (κ2) is 4.00. The monoisotopic (exact) mass is 181 g/mol. The first-order chi connectivity index (χ1) is 6.27. The summed E-state index contributed by atoms with van der Waals surface area (Å²) in [6.45, 7) is 2.19. The van der Waals surface area contributed by atoms with E-state index in [1.54, 1.807) is 0 Å². The van der Waals surface area contributed by atoms with Crippen LogP contribution in [0.2, 0.25) is 0 Å². The van der Waals surface area contributed by atoms with Crippen molar-refractivity contribution in [3.63, 3.8) is 0 Å². The topological polar surface area (TPSA) is 26.0 Å². The molecule has 13 heavy (non-hydrogen) atoms. The van der Waals surface area contributed by atoms with Crippen molar-refractivity contribution in [1.29, 1.82) is 0 Å². The third-order valence-electron chi connectivity index (χ3n) is 4.32. The van der Waals surface area contributed by atoms with Gasteiger partial charge >= 0.3 is 0 Å². The molecule has 0 spiro atoms. The van der Waals surface area contributed by atoms with Crippen molar-refractivity contribution in [2.24, 2.45) is 23.5 Å². The van der Waals surface area contributed by atoms with Crippen molar-refractivity contribution in [2.45, 2.75) is 57.9 Å². The minimum Gasteiger partial charge on any atom is -0.328 e. The van der Waals surface area contributed by atoms with E-state index in [0.29, 0.717) is 6.04 Å². The summed E-state index contributed by atoms with van der Waals surface area (Å²) in [4.78, 5) is 0. The van der Waals surface area contributed by atoms with Crippen molar-refractivity contribution in [3.05, 3.63) is 0 Å². The molecule has 3 unspecified atom stereocenters. The van der Waals surface area contributed by atoms with Gasteiger partial charge in [-0.1, -0.05) is 25.7 Å². The van der Waals surface area contributed by atoms with E-state index < -0.39 is 0 Å². The average molecular weight is 181 g/mol. The summed E-state index contributed by atoms with van der Waals surface area (Å²) in [5.74, 6) is 2.95. The van der Waals surface area contributed by atoms with Gasteiger partial charge in [-0.05, 0) is 43.9 Å². The molecule has 0 aromatic rings. The zero-order valence-electron chi connectivity index (χ0n) is 8.84. The van der Waals surface area contributed by atoms with Crippen LogP contribution in [0.15, 0.2) is 0 Å². The van der Waals surface area contributed by atoms with E-state index >= 15 is 0 Å². The highest BCUT2D eigenvalue weighted by molar-refractivity contribution is 4.85. The Hall–Kier alpha value is -0.0400. The van der Waals surface area contributed by atoms with Crippen LogP contribution in [-0.4, -0.2) is 6.04 Å². The zero-order chi connectivity index (χ0) is 9.26. The summed E-state index contributed by atoms with van der Waals surface area (Å²) in [6, 6.07) is 0.433. The lowest BCUT2D eigenvalue weighted by Gasteiger charge is -2.40. The molecule has 2 N–H and O–H groups in total. The van der Waals surface area contributed by atoms with Crippen molar-refractivity contribution >= 4 is 0 Å². The van der Waals surface area contributed by atoms with Gasteiger partial charge in [-0.2, -0.15) is 0 Å². The van der Waals surface area contributed by atoms with Gasteiger partial charge in [-0.3, -0.25) is 0 Å². The summed E-state index contributed by atoms with van der Waals surface area (Å²) in [5.41, 5.74) is 5.99. The maximum Gasteiger partial charge on any atom is 0.00388 e. The molecule has 2 rings (SSSR count). The van der Waals surface area contributed by atoms with Gasteiger partial charge in [0, 0.05) is 6.04 Å². The Morgan fingerprint density at radius 2 is 1.69 bits per heavy atom. The first-order valence-corrected chi connectivity index (χ1v) is 6.03. The molecule has 2 aliphatic carbocycles. The highest BCUT2D eigenvalue weighted by Crippen LogP contribution is 2.43. The van der Waals surface area contributed by atoms with Crippen molar-refractivity contribution in [3.8, 4) is 0 Å². The highest BCUT2D eigenvalue weighted by Gasteiger charge is 2.33. The van der Waals surface area contributed by atoms with Crippen LogP contribution in [0.3, 0.4) is 0 Å². The number of rotatable bonds is 1. The largest absolute Gasteiger partial charge is 0.328 e. The Bertz CT molecular complexity index is 165. The van der Waals surface area contributed by atoms with E-state index in [1.165, 1.54) is 44.9 Å². The van der Waals surface area contributed by atoms with E-state index in [2.05, 4.69) is 6.92 Å². The molecule has 0 bridgehead atoms. The number of fused-ring (bicyclic) bond motifs is 1. The second-order valence-electron chi connectivity index (χ2n) is 5.24. The number of hydrogen-bond acceptors (Lipinski definition) is 1. The molecule has 1 heteroatoms. The predicted octanol–water partition coefficient (Wildman–Crippen LogP) is 2.94. The van der Waals surface area contributed by atoms with Crippen molar-refractivity contribution < 1.29 is 0 Å². The second-order valence-corrected chi connectivity index (χ2v) is 5.24. The molecule has 0 amide bonds. The third-order valence-corrected chi connectivity index (χ3v) is 4.32. The van der Waals surface area contributed by atoms with Gasteiger partial charge in [0.2, 0.25) is 0 Å². The quantitative estimate of drug-likeness (QED) is 0.661. The van der Waals surface area contributed by atoms with E-state index in [1.807, 2.05) is 0 Å². The molecule has 1 nitrogen and oxygen atoms in total. The summed E-state index contributed by atoms with van der Waals surface area (Å²) in [5, 5.41) is 0. The van der Waals surface area contributed by atoms with Gasteiger partial charge in [-0.25, -0.2) is 0 Å². The number of hydrogen-bond donors (Lipinski definition) is 1. The molecule has 0 radical (unpaired) electrons. The van der Waals surface area contributed by atoms with Crippen molar-refractivity contribution in [2.75, 3.05) is 0 Å². The molecule has 0 saturated heterocycles.